The first kappa shape index (κ1) is 13.1. The summed E-state index contributed by atoms with van der Waals surface area (Å²) in [5, 5.41) is 0. The Labute approximate surface area is 108 Å². The van der Waals surface area contributed by atoms with Gasteiger partial charge in [-0.3, -0.25) is 4.79 Å². The summed E-state index contributed by atoms with van der Waals surface area (Å²) in [6, 6.07) is 10.4. The van der Waals surface area contributed by atoms with Crippen molar-refractivity contribution in [3.05, 3.63) is 35.9 Å². The lowest BCUT2D eigenvalue weighted by molar-refractivity contribution is -0.142. The van der Waals surface area contributed by atoms with Gasteiger partial charge in [0.05, 0.1) is 19.6 Å². The van der Waals surface area contributed by atoms with Crippen molar-refractivity contribution in [3.8, 4) is 0 Å². The van der Waals surface area contributed by atoms with Gasteiger partial charge in [0.1, 0.15) is 0 Å². The van der Waals surface area contributed by atoms with Crippen LogP contribution in [0.2, 0.25) is 0 Å². The van der Waals surface area contributed by atoms with E-state index in [0.717, 1.165) is 25.9 Å². The summed E-state index contributed by atoms with van der Waals surface area (Å²) in [7, 11) is 1.44. The molecule has 0 radical (unpaired) electrons. The molecule has 0 bridgehead atoms. The molecule has 1 aliphatic rings. The predicted molar refractivity (Wildman–Crippen MR) is 69.2 cm³/mol. The minimum Gasteiger partial charge on any atom is -0.469 e. The number of benzene rings is 1. The summed E-state index contributed by atoms with van der Waals surface area (Å²) in [5.74, 6) is 0.191. The zero-order valence-corrected chi connectivity index (χ0v) is 10.8. The number of carbonyl (C=O) groups excluding carboxylic acids is 1. The Morgan fingerprint density at radius 1 is 1.39 bits per heavy atom. The van der Waals surface area contributed by atoms with E-state index < -0.39 is 0 Å². The molecule has 98 valence electrons. The smallest absolute Gasteiger partial charge is 0.305 e. The zero-order valence-electron chi connectivity index (χ0n) is 10.8. The van der Waals surface area contributed by atoms with Crippen molar-refractivity contribution in [2.75, 3.05) is 13.7 Å². The third kappa shape index (κ3) is 3.57. The molecule has 0 aliphatic carbocycles. The normalized spacial score (nSPS) is 22.9. The first-order valence-corrected chi connectivity index (χ1v) is 6.52. The van der Waals surface area contributed by atoms with Crippen molar-refractivity contribution < 1.29 is 14.3 Å². The van der Waals surface area contributed by atoms with E-state index in [1.165, 1.54) is 12.7 Å². The van der Waals surface area contributed by atoms with E-state index in [4.69, 9.17) is 9.47 Å². The molecule has 18 heavy (non-hydrogen) atoms. The van der Waals surface area contributed by atoms with Crippen molar-refractivity contribution in [2.45, 2.75) is 31.8 Å². The number of hydrogen-bond donors (Lipinski definition) is 0. The molecule has 0 aromatic heterocycles. The van der Waals surface area contributed by atoms with Gasteiger partial charge in [0.15, 0.2) is 0 Å². The highest BCUT2D eigenvalue weighted by Crippen LogP contribution is 2.27. The minimum atomic E-state index is -0.129. The Morgan fingerprint density at radius 3 is 2.89 bits per heavy atom. The lowest BCUT2D eigenvalue weighted by Gasteiger charge is -2.17. The van der Waals surface area contributed by atoms with Gasteiger partial charge in [-0.25, -0.2) is 0 Å². The SMILES string of the molecule is COC(=O)C[C@H]1CCO[C@H]1CCc1ccccc1. The van der Waals surface area contributed by atoms with E-state index >= 15 is 0 Å². The second-order valence-electron chi connectivity index (χ2n) is 4.76. The van der Waals surface area contributed by atoms with Gasteiger partial charge in [0, 0.05) is 6.61 Å². The predicted octanol–water partition coefficient (Wildman–Crippen LogP) is 2.59. The van der Waals surface area contributed by atoms with Crippen molar-refractivity contribution in [1.82, 2.24) is 0 Å². The van der Waals surface area contributed by atoms with Crippen LogP contribution in [0.5, 0.6) is 0 Å². The average Bonchev–Trinajstić information content (AvgIpc) is 2.84. The summed E-state index contributed by atoms with van der Waals surface area (Å²) < 4.78 is 10.5. The highest BCUT2D eigenvalue weighted by Gasteiger charge is 2.29. The molecule has 3 nitrogen and oxygen atoms in total. The van der Waals surface area contributed by atoms with Gasteiger partial charge in [0.25, 0.3) is 0 Å². The van der Waals surface area contributed by atoms with Gasteiger partial charge in [0.2, 0.25) is 0 Å². The maximum Gasteiger partial charge on any atom is 0.305 e. The van der Waals surface area contributed by atoms with Gasteiger partial charge in [-0.15, -0.1) is 0 Å². The second kappa shape index (κ2) is 6.55. The second-order valence-corrected chi connectivity index (χ2v) is 4.76. The molecule has 1 aliphatic heterocycles. The van der Waals surface area contributed by atoms with Crippen LogP contribution in [-0.4, -0.2) is 25.8 Å². The fourth-order valence-corrected chi connectivity index (χ4v) is 2.50. The minimum absolute atomic E-state index is 0.129. The summed E-state index contributed by atoms with van der Waals surface area (Å²) in [6.45, 7) is 0.765. The quantitative estimate of drug-likeness (QED) is 0.751. The van der Waals surface area contributed by atoms with E-state index in [1.54, 1.807) is 0 Å². The Kier molecular flexibility index (Phi) is 4.76. The van der Waals surface area contributed by atoms with Crippen LogP contribution in [0.15, 0.2) is 30.3 Å². The maximum absolute atomic E-state index is 11.3. The molecule has 0 saturated carbocycles. The Bertz CT molecular complexity index is 375. The lowest BCUT2D eigenvalue weighted by atomic mass is 9.93. The van der Waals surface area contributed by atoms with E-state index in [2.05, 4.69) is 24.3 Å². The standard InChI is InChI=1S/C15H20O3/c1-17-15(16)11-13-9-10-18-14(13)8-7-12-5-3-2-4-6-12/h2-6,13-14H,7-11H2,1H3/t13-,14+/m1/s1. The van der Waals surface area contributed by atoms with Crippen molar-refractivity contribution in [1.29, 1.82) is 0 Å². The lowest BCUT2D eigenvalue weighted by Crippen LogP contribution is -2.20. The van der Waals surface area contributed by atoms with Crippen LogP contribution in [0.25, 0.3) is 0 Å². The Balaban J connectivity index is 1.83. The molecular formula is C15H20O3. The zero-order chi connectivity index (χ0) is 12.8. The third-order valence-corrected chi connectivity index (χ3v) is 3.56. The Hall–Kier alpha value is -1.35. The number of hydrogen-bond acceptors (Lipinski definition) is 3. The molecule has 1 fully saturated rings. The maximum atomic E-state index is 11.3. The van der Waals surface area contributed by atoms with E-state index in [-0.39, 0.29) is 12.1 Å². The Morgan fingerprint density at radius 2 is 2.17 bits per heavy atom. The van der Waals surface area contributed by atoms with Crippen molar-refractivity contribution in [3.63, 3.8) is 0 Å². The highest BCUT2D eigenvalue weighted by molar-refractivity contribution is 5.69. The summed E-state index contributed by atoms with van der Waals surface area (Å²) in [6.07, 6.45) is 3.63. The van der Waals surface area contributed by atoms with Crippen LogP contribution >= 0.6 is 0 Å². The van der Waals surface area contributed by atoms with Crippen LogP contribution in [0.4, 0.5) is 0 Å². The fourth-order valence-electron chi connectivity index (χ4n) is 2.50. The molecule has 0 amide bonds. The number of aryl methyl sites for hydroxylation is 1. The molecule has 0 unspecified atom stereocenters. The average molecular weight is 248 g/mol. The van der Waals surface area contributed by atoms with Crippen LogP contribution in [-0.2, 0) is 20.7 Å². The summed E-state index contributed by atoms with van der Waals surface area (Å²) >= 11 is 0. The van der Waals surface area contributed by atoms with Crippen LogP contribution in [0.3, 0.4) is 0 Å². The van der Waals surface area contributed by atoms with Gasteiger partial charge in [-0.1, -0.05) is 30.3 Å². The molecule has 1 saturated heterocycles. The number of rotatable bonds is 5. The number of esters is 1. The van der Waals surface area contributed by atoms with Crippen molar-refractivity contribution >= 4 is 5.97 Å². The molecule has 2 rings (SSSR count). The number of carbonyl (C=O) groups is 1. The van der Waals surface area contributed by atoms with Gasteiger partial charge in [-0.2, -0.15) is 0 Å². The van der Waals surface area contributed by atoms with E-state index in [1.807, 2.05) is 6.07 Å². The van der Waals surface area contributed by atoms with E-state index in [0.29, 0.717) is 12.3 Å². The summed E-state index contributed by atoms with van der Waals surface area (Å²) in [5.41, 5.74) is 1.32. The molecular weight excluding hydrogens is 228 g/mol. The topological polar surface area (TPSA) is 35.5 Å². The molecule has 0 N–H and O–H groups in total. The largest absolute Gasteiger partial charge is 0.469 e. The van der Waals surface area contributed by atoms with Crippen LogP contribution in [0.1, 0.15) is 24.8 Å². The molecule has 1 aromatic carbocycles. The monoisotopic (exact) mass is 248 g/mol. The third-order valence-electron chi connectivity index (χ3n) is 3.56. The highest BCUT2D eigenvalue weighted by atomic mass is 16.5. The fraction of sp³-hybridized carbons (Fsp3) is 0.533. The van der Waals surface area contributed by atoms with Gasteiger partial charge >= 0.3 is 5.97 Å². The molecule has 0 spiro atoms. The molecule has 1 aromatic rings. The van der Waals surface area contributed by atoms with Gasteiger partial charge in [-0.05, 0) is 30.7 Å². The number of ether oxygens (including phenoxy) is 2. The molecule has 3 heteroatoms. The van der Waals surface area contributed by atoms with Crippen LogP contribution in [0, 0.1) is 5.92 Å². The summed E-state index contributed by atoms with van der Waals surface area (Å²) in [4.78, 5) is 11.3. The molecule has 1 heterocycles. The van der Waals surface area contributed by atoms with Crippen molar-refractivity contribution in [2.24, 2.45) is 5.92 Å². The first-order chi connectivity index (χ1) is 8.79. The van der Waals surface area contributed by atoms with Crippen LogP contribution < -0.4 is 0 Å². The van der Waals surface area contributed by atoms with E-state index in [9.17, 15) is 4.79 Å². The number of methoxy groups -OCH3 is 1. The van der Waals surface area contributed by atoms with Gasteiger partial charge < -0.3 is 9.47 Å². The first-order valence-electron chi connectivity index (χ1n) is 6.52. The molecule has 2 atom stereocenters.